The summed E-state index contributed by atoms with van der Waals surface area (Å²) in [6.45, 7) is 1.88. The fourth-order valence-electron chi connectivity index (χ4n) is 3.24. The van der Waals surface area contributed by atoms with E-state index in [4.69, 9.17) is 0 Å². The summed E-state index contributed by atoms with van der Waals surface area (Å²) in [5, 5.41) is 9.68. The highest BCUT2D eigenvalue weighted by molar-refractivity contribution is 7.95. The van der Waals surface area contributed by atoms with Gasteiger partial charge < -0.3 is 5.11 Å². The molecule has 1 N–H and O–H groups in total. The first kappa shape index (κ1) is 16.9. The molecule has 128 valence electrons. The van der Waals surface area contributed by atoms with Crippen molar-refractivity contribution in [3.05, 3.63) is 66.0 Å². The van der Waals surface area contributed by atoms with Gasteiger partial charge in [0.05, 0.1) is 17.8 Å². The van der Waals surface area contributed by atoms with E-state index in [-0.39, 0.29) is 11.9 Å². The third-order valence-corrected chi connectivity index (χ3v) is 7.04. The molecule has 0 aromatic heterocycles. The molecule has 1 aliphatic heterocycles. The van der Waals surface area contributed by atoms with E-state index >= 15 is 0 Å². The number of anilines is 1. The van der Waals surface area contributed by atoms with Crippen molar-refractivity contribution in [3.63, 3.8) is 0 Å². The quantitative estimate of drug-likeness (QED) is 0.901. The molecule has 0 spiro atoms. The highest BCUT2D eigenvalue weighted by Gasteiger charge is 2.50. The molecule has 2 aromatic rings. The highest BCUT2D eigenvalue weighted by Crippen LogP contribution is 2.38. The maximum atomic E-state index is 12.9. The first-order valence-corrected chi connectivity index (χ1v) is 9.43. The largest absolute Gasteiger partial charge is 0.388 e. The zero-order valence-electron chi connectivity index (χ0n) is 13.3. The summed E-state index contributed by atoms with van der Waals surface area (Å²) in [6.07, 6.45) is -0.104. The molecular weight excluding hydrogens is 329 g/mol. The van der Waals surface area contributed by atoms with Crippen LogP contribution in [0.15, 0.2) is 54.6 Å². The molecule has 0 aliphatic carbocycles. The second-order valence-electron chi connectivity index (χ2n) is 6.10. The molecule has 4 nitrogen and oxygen atoms in total. The molecule has 0 saturated carbocycles. The lowest BCUT2D eigenvalue weighted by Crippen LogP contribution is -2.62. The number of para-hydroxylation sites is 1. The molecule has 1 saturated heterocycles. The lowest BCUT2D eigenvalue weighted by atomic mass is 10.0. The number of hydrogen-bond donors (Lipinski definition) is 1. The van der Waals surface area contributed by atoms with Gasteiger partial charge in [0.2, 0.25) is 10.0 Å². The van der Waals surface area contributed by atoms with Crippen LogP contribution in [0.5, 0.6) is 0 Å². The van der Waals surface area contributed by atoms with E-state index in [1.807, 2.05) is 25.1 Å². The van der Waals surface area contributed by atoms with Gasteiger partial charge in [-0.2, -0.15) is 0 Å². The SMILES string of the molecule is CC1C(CCC(O)c2ccc(F)cc2)S(=O)(=O)N1c1ccccc1. The van der Waals surface area contributed by atoms with Gasteiger partial charge in [0.15, 0.2) is 0 Å². The smallest absolute Gasteiger partial charge is 0.240 e. The van der Waals surface area contributed by atoms with Gasteiger partial charge in [-0.3, -0.25) is 4.31 Å². The molecule has 0 radical (unpaired) electrons. The van der Waals surface area contributed by atoms with Crippen LogP contribution in [0.2, 0.25) is 0 Å². The van der Waals surface area contributed by atoms with Crippen molar-refractivity contribution in [3.8, 4) is 0 Å². The zero-order chi connectivity index (χ0) is 17.3. The zero-order valence-corrected chi connectivity index (χ0v) is 14.2. The van der Waals surface area contributed by atoms with Crippen molar-refractivity contribution in [2.75, 3.05) is 4.31 Å². The third kappa shape index (κ3) is 3.03. The molecule has 24 heavy (non-hydrogen) atoms. The van der Waals surface area contributed by atoms with Gasteiger partial charge in [0, 0.05) is 0 Å². The average molecular weight is 349 g/mol. The van der Waals surface area contributed by atoms with E-state index in [0.717, 1.165) is 0 Å². The Kier molecular flexibility index (Phi) is 4.60. The van der Waals surface area contributed by atoms with Crippen LogP contribution in [0, 0.1) is 5.82 Å². The maximum Gasteiger partial charge on any atom is 0.240 e. The van der Waals surface area contributed by atoms with Crippen molar-refractivity contribution >= 4 is 15.7 Å². The first-order chi connectivity index (χ1) is 11.4. The standard InChI is InChI=1S/C18H20FNO3S/c1-13-18(12-11-17(21)14-7-9-15(19)10-8-14)24(22,23)20(13)16-5-3-2-4-6-16/h2-10,13,17-18,21H,11-12H2,1H3. The van der Waals surface area contributed by atoms with E-state index in [1.165, 1.54) is 28.6 Å². The summed E-state index contributed by atoms with van der Waals surface area (Å²) in [5.41, 5.74) is 1.26. The van der Waals surface area contributed by atoms with Crippen LogP contribution >= 0.6 is 0 Å². The van der Waals surface area contributed by atoms with Gasteiger partial charge in [0.25, 0.3) is 0 Å². The minimum absolute atomic E-state index is 0.141. The molecule has 1 heterocycles. The Hall–Kier alpha value is -1.92. The molecule has 2 aromatic carbocycles. The Morgan fingerprint density at radius 2 is 1.75 bits per heavy atom. The minimum Gasteiger partial charge on any atom is -0.388 e. The molecule has 1 aliphatic rings. The number of hydrogen-bond acceptors (Lipinski definition) is 3. The van der Waals surface area contributed by atoms with Crippen molar-refractivity contribution < 1.29 is 17.9 Å². The van der Waals surface area contributed by atoms with Crippen molar-refractivity contribution in [1.29, 1.82) is 0 Å². The number of benzene rings is 2. The van der Waals surface area contributed by atoms with Crippen LogP contribution in [-0.2, 0) is 10.0 Å². The number of halogens is 1. The van der Waals surface area contributed by atoms with E-state index in [1.54, 1.807) is 12.1 Å². The predicted molar refractivity (Wildman–Crippen MR) is 91.7 cm³/mol. The normalized spacial score (nSPS) is 23.5. The second kappa shape index (κ2) is 6.53. The number of aliphatic hydroxyl groups excluding tert-OH is 1. The minimum atomic E-state index is -3.39. The van der Waals surface area contributed by atoms with Gasteiger partial charge in [-0.15, -0.1) is 0 Å². The van der Waals surface area contributed by atoms with Crippen LogP contribution in [0.1, 0.15) is 31.4 Å². The number of rotatable bonds is 5. The first-order valence-electron chi connectivity index (χ1n) is 7.93. The molecule has 0 amide bonds. The summed E-state index contributed by atoms with van der Waals surface area (Å²) in [5.74, 6) is -0.361. The summed E-state index contributed by atoms with van der Waals surface area (Å²) in [6, 6.07) is 14.5. The number of nitrogens with zero attached hydrogens (tertiary/aromatic N) is 1. The number of sulfonamides is 1. The molecule has 0 bridgehead atoms. The topological polar surface area (TPSA) is 57.6 Å². The van der Waals surface area contributed by atoms with Crippen LogP contribution < -0.4 is 4.31 Å². The summed E-state index contributed by atoms with van der Waals surface area (Å²) >= 11 is 0. The fraction of sp³-hybridized carbons (Fsp3) is 0.333. The Balaban J connectivity index is 1.65. The van der Waals surface area contributed by atoms with Crippen LogP contribution in [0.25, 0.3) is 0 Å². The van der Waals surface area contributed by atoms with Gasteiger partial charge in [0.1, 0.15) is 11.1 Å². The molecule has 3 unspecified atom stereocenters. The third-order valence-electron chi connectivity index (χ3n) is 4.55. The van der Waals surface area contributed by atoms with Gasteiger partial charge in [-0.05, 0) is 49.6 Å². The Bertz CT molecular complexity index is 793. The Morgan fingerprint density at radius 1 is 1.12 bits per heavy atom. The van der Waals surface area contributed by atoms with Crippen LogP contribution in [-0.4, -0.2) is 24.8 Å². The van der Waals surface area contributed by atoms with Gasteiger partial charge in [-0.25, -0.2) is 12.8 Å². The molecule has 1 fully saturated rings. The number of aliphatic hydroxyl groups is 1. The fourth-order valence-corrected chi connectivity index (χ4v) is 5.41. The Morgan fingerprint density at radius 3 is 2.33 bits per heavy atom. The van der Waals surface area contributed by atoms with E-state index in [9.17, 15) is 17.9 Å². The molecule has 6 heteroatoms. The predicted octanol–water partition coefficient (Wildman–Crippen LogP) is 3.25. The van der Waals surface area contributed by atoms with E-state index in [2.05, 4.69) is 0 Å². The molecule has 3 atom stereocenters. The monoisotopic (exact) mass is 349 g/mol. The van der Waals surface area contributed by atoms with Crippen LogP contribution in [0.3, 0.4) is 0 Å². The Labute approximate surface area is 141 Å². The highest BCUT2D eigenvalue weighted by atomic mass is 32.2. The summed E-state index contributed by atoms with van der Waals surface area (Å²) < 4.78 is 39.4. The van der Waals surface area contributed by atoms with E-state index in [0.29, 0.717) is 24.1 Å². The lowest BCUT2D eigenvalue weighted by molar-refractivity contribution is 0.162. The van der Waals surface area contributed by atoms with Crippen molar-refractivity contribution in [2.24, 2.45) is 0 Å². The average Bonchev–Trinajstić information content (AvgIpc) is 2.56. The summed E-state index contributed by atoms with van der Waals surface area (Å²) in [7, 11) is -3.39. The van der Waals surface area contributed by atoms with Crippen LogP contribution in [0.4, 0.5) is 10.1 Å². The van der Waals surface area contributed by atoms with Crippen molar-refractivity contribution in [2.45, 2.75) is 37.2 Å². The van der Waals surface area contributed by atoms with Gasteiger partial charge in [-0.1, -0.05) is 30.3 Å². The maximum absolute atomic E-state index is 12.9. The van der Waals surface area contributed by atoms with Gasteiger partial charge >= 0.3 is 0 Å². The van der Waals surface area contributed by atoms with E-state index < -0.39 is 21.4 Å². The second-order valence-corrected chi connectivity index (χ2v) is 8.13. The molecule has 3 rings (SSSR count). The molecular formula is C18H20FNO3S. The van der Waals surface area contributed by atoms with Crippen molar-refractivity contribution in [1.82, 2.24) is 0 Å². The summed E-state index contributed by atoms with van der Waals surface area (Å²) in [4.78, 5) is 0. The lowest BCUT2D eigenvalue weighted by Gasteiger charge is -2.46.